The maximum atomic E-state index is 12.1. The number of hydrogen-bond donors (Lipinski definition) is 1. The molecule has 0 bridgehead atoms. The summed E-state index contributed by atoms with van der Waals surface area (Å²) in [5.41, 5.74) is 1.59. The van der Waals surface area contributed by atoms with Crippen molar-refractivity contribution in [1.29, 1.82) is 0 Å². The van der Waals surface area contributed by atoms with E-state index < -0.39 is 0 Å². The third-order valence-corrected chi connectivity index (χ3v) is 5.70. The van der Waals surface area contributed by atoms with Gasteiger partial charge in [0.25, 0.3) is 11.1 Å². The number of nitrogens with one attached hydrogen (secondary N) is 1. The molecule has 0 fully saturated rings. The number of aromatic nitrogens is 2. The molecular formula is C18H14Br2ClN3O3S. The third-order valence-electron chi connectivity index (χ3n) is 3.47. The molecule has 1 heterocycles. The van der Waals surface area contributed by atoms with Gasteiger partial charge in [0.05, 0.1) is 11.4 Å². The fraction of sp³-hybridized carbons (Fsp3) is 0.167. The summed E-state index contributed by atoms with van der Waals surface area (Å²) >= 11 is 13.9. The van der Waals surface area contributed by atoms with Crippen molar-refractivity contribution in [3.63, 3.8) is 0 Å². The van der Waals surface area contributed by atoms with E-state index in [4.69, 9.17) is 20.8 Å². The van der Waals surface area contributed by atoms with Gasteiger partial charge in [0, 0.05) is 14.0 Å². The first-order valence-corrected chi connectivity index (χ1v) is 10.9. The van der Waals surface area contributed by atoms with E-state index in [9.17, 15) is 4.79 Å². The fourth-order valence-electron chi connectivity index (χ4n) is 2.18. The lowest BCUT2D eigenvalue weighted by atomic mass is 10.2. The molecule has 0 saturated heterocycles. The van der Waals surface area contributed by atoms with Crippen LogP contribution < -0.4 is 10.1 Å². The SMILES string of the molecule is Cc1cc(Cl)ccc1OCc1nnc(SCC(=O)Nc2cc(Br)ccc2Br)o1. The molecule has 146 valence electrons. The van der Waals surface area contributed by atoms with Crippen LogP contribution >= 0.6 is 55.2 Å². The highest BCUT2D eigenvalue weighted by Crippen LogP contribution is 2.27. The minimum Gasteiger partial charge on any atom is -0.484 e. The normalized spacial score (nSPS) is 10.7. The van der Waals surface area contributed by atoms with E-state index in [0.717, 1.165) is 26.3 Å². The van der Waals surface area contributed by atoms with Gasteiger partial charge in [-0.15, -0.1) is 10.2 Å². The number of benzene rings is 2. The molecule has 2 aromatic carbocycles. The maximum Gasteiger partial charge on any atom is 0.277 e. The molecule has 0 radical (unpaired) electrons. The second-order valence-corrected chi connectivity index (χ2v) is 8.75. The van der Waals surface area contributed by atoms with Crippen LogP contribution in [0.4, 0.5) is 5.69 Å². The van der Waals surface area contributed by atoms with Gasteiger partial charge in [-0.25, -0.2) is 0 Å². The number of aryl methyl sites for hydroxylation is 1. The lowest BCUT2D eigenvalue weighted by Crippen LogP contribution is -2.14. The van der Waals surface area contributed by atoms with E-state index in [-0.39, 0.29) is 18.3 Å². The van der Waals surface area contributed by atoms with Crippen LogP contribution in [-0.2, 0) is 11.4 Å². The second-order valence-electron chi connectivity index (χ2n) is 5.62. The standard InChI is InChI=1S/C18H14Br2ClN3O3S/c1-10-6-12(21)3-5-15(10)26-8-17-23-24-18(27-17)28-9-16(25)22-14-7-11(19)2-4-13(14)20/h2-7H,8-9H2,1H3,(H,22,25). The van der Waals surface area contributed by atoms with Gasteiger partial charge < -0.3 is 14.5 Å². The summed E-state index contributed by atoms with van der Waals surface area (Å²) in [6, 6.07) is 10.9. The number of ether oxygens (including phenoxy) is 1. The summed E-state index contributed by atoms with van der Waals surface area (Å²) in [7, 11) is 0. The minimum atomic E-state index is -0.184. The summed E-state index contributed by atoms with van der Waals surface area (Å²) in [5, 5.41) is 11.6. The lowest BCUT2D eigenvalue weighted by molar-refractivity contribution is -0.113. The molecule has 0 unspecified atom stereocenters. The van der Waals surface area contributed by atoms with Crippen LogP contribution in [-0.4, -0.2) is 21.9 Å². The molecule has 28 heavy (non-hydrogen) atoms. The molecular weight excluding hydrogens is 534 g/mol. The number of carbonyl (C=O) groups is 1. The van der Waals surface area contributed by atoms with Gasteiger partial charge in [0.15, 0.2) is 6.61 Å². The number of nitrogens with zero attached hydrogens (tertiary/aromatic N) is 2. The van der Waals surface area contributed by atoms with E-state index in [1.54, 1.807) is 12.1 Å². The van der Waals surface area contributed by atoms with Gasteiger partial charge in [0.1, 0.15) is 5.75 Å². The molecule has 0 aliphatic heterocycles. The van der Waals surface area contributed by atoms with Crippen molar-refractivity contribution >= 4 is 66.8 Å². The number of anilines is 1. The zero-order chi connectivity index (χ0) is 20.1. The number of carbonyl (C=O) groups excluding carboxylic acids is 1. The van der Waals surface area contributed by atoms with Crippen LogP contribution in [0.1, 0.15) is 11.5 Å². The first kappa shape index (κ1) is 21.2. The highest BCUT2D eigenvalue weighted by Gasteiger charge is 2.12. The summed E-state index contributed by atoms with van der Waals surface area (Å²) in [6.45, 7) is 2.03. The smallest absolute Gasteiger partial charge is 0.277 e. The molecule has 3 aromatic rings. The Balaban J connectivity index is 1.50. The Kier molecular flexibility index (Phi) is 7.39. The number of rotatable bonds is 7. The molecule has 0 aliphatic rings. The van der Waals surface area contributed by atoms with Crippen molar-refractivity contribution in [1.82, 2.24) is 10.2 Å². The van der Waals surface area contributed by atoms with Crippen molar-refractivity contribution in [2.45, 2.75) is 18.8 Å². The first-order valence-electron chi connectivity index (χ1n) is 8.00. The molecule has 0 spiro atoms. The largest absolute Gasteiger partial charge is 0.484 e. The highest BCUT2D eigenvalue weighted by atomic mass is 79.9. The summed E-state index contributed by atoms with van der Waals surface area (Å²) in [5.74, 6) is 0.969. The zero-order valence-corrected chi connectivity index (χ0v) is 19.3. The van der Waals surface area contributed by atoms with Crippen molar-refractivity contribution in [3.05, 3.63) is 61.8 Å². The van der Waals surface area contributed by atoms with Crippen LogP contribution in [0.2, 0.25) is 5.02 Å². The number of amides is 1. The average molecular weight is 548 g/mol. The second kappa shape index (κ2) is 9.78. The van der Waals surface area contributed by atoms with E-state index in [2.05, 4.69) is 47.4 Å². The Morgan fingerprint density at radius 2 is 2.07 bits per heavy atom. The highest BCUT2D eigenvalue weighted by molar-refractivity contribution is 9.11. The Morgan fingerprint density at radius 1 is 1.25 bits per heavy atom. The third kappa shape index (κ3) is 5.97. The summed E-state index contributed by atoms with van der Waals surface area (Å²) in [6.07, 6.45) is 0. The molecule has 0 atom stereocenters. The van der Waals surface area contributed by atoms with E-state index in [1.807, 2.05) is 31.2 Å². The Morgan fingerprint density at radius 3 is 2.86 bits per heavy atom. The topological polar surface area (TPSA) is 77.2 Å². The van der Waals surface area contributed by atoms with Crippen molar-refractivity contribution in [2.75, 3.05) is 11.1 Å². The van der Waals surface area contributed by atoms with Crippen LogP contribution in [0.3, 0.4) is 0 Å². The molecule has 0 saturated carbocycles. The fourth-order valence-corrected chi connectivity index (χ4v) is 3.69. The van der Waals surface area contributed by atoms with Crippen molar-refractivity contribution in [3.8, 4) is 5.75 Å². The molecule has 0 aliphatic carbocycles. The van der Waals surface area contributed by atoms with Crippen LogP contribution in [0.25, 0.3) is 0 Å². The predicted octanol–water partition coefficient (Wildman–Crippen LogP) is 5.87. The van der Waals surface area contributed by atoms with Crippen molar-refractivity contribution < 1.29 is 13.9 Å². The summed E-state index contributed by atoms with van der Waals surface area (Å²) < 4.78 is 12.8. The molecule has 3 rings (SSSR count). The summed E-state index contributed by atoms with van der Waals surface area (Å²) in [4.78, 5) is 12.1. The maximum absolute atomic E-state index is 12.1. The number of hydrogen-bond acceptors (Lipinski definition) is 6. The van der Waals surface area contributed by atoms with Crippen LogP contribution in [0, 0.1) is 6.92 Å². The van der Waals surface area contributed by atoms with Crippen molar-refractivity contribution in [2.24, 2.45) is 0 Å². The molecule has 1 N–H and O–H groups in total. The minimum absolute atomic E-state index is 0.132. The average Bonchev–Trinajstić information content (AvgIpc) is 3.10. The zero-order valence-electron chi connectivity index (χ0n) is 14.5. The van der Waals surface area contributed by atoms with Crippen LogP contribution in [0.15, 0.2) is 55.0 Å². The Bertz CT molecular complexity index is 1000. The molecule has 6 nitrogen and oxygen atoms in total. The monoisotopic (exact) mass is 545 g/mol. The lowest BCUT2D eigenvalue weighted by Gasteiger charge is -2.07. The van der Waals surface area contributed by atoms with Gasteiger partial charge in [0.2, 0.25) is 5.91 Å². The van der Waals surface area contributed by atoms with E-state index in [1.165, 1.54) is 0 Å². The van der Waals surface area contributed by atoms with E-state index >= 15 is 0 Å². The Labute approximate surface area is 187 Å². The predicted molar refractivity (Wildman–Crippen MR) is 116 cm³/mol. The molecule has 10 heteroatoms. The van der Waals surface area contributed by atoms with Gasteiger partial charge in [-0.2, -0.15) is 0 Å². The van der Waals surface area contributed by atoms with Crippen LogP contribution in [0.5, 0.6) is 5.75 Å². The van der Waals surface area contributed by atoms with Gasteiger partial charge in [-0.1, -0.05) is 39.3 Å². The molecule has 1 amide bonds. The van der Waals surface area contributed by atoms with Gasteiger partial charge in [-0.3, -0.25) is 4.79 Å². The Hall–Kier alpha value is -1.55. The first-order chi connectivity index (χ1) is 13.4. The molecule has 1 aromatic heterocycles. The number of thioether (sulfide) groups is 1. The van der Waals surface area contributed by atoms with Gasteiger partial charge in [-0.05, 0) is 64.8 Å². The van der Waals surface area contributed by atoms with Gasteiger partial charge >= 0.3 is 0 Å². The van der Waals surface area contributed by atoms with E-state index in [0.29, 0.717) is 27.6 Å². The number of halogens is 3. The quantitative estimate of drug-likeness (QED) is 0.373.